The van der Waals surface area contributed by atoms with Crippen LogP contribution < -0.4 is 21.5 Å². The number of aromatic amines is 1. The van der Waals surface area contributed by atoms with Gasteiger partial charge in [0.05, 0.1) is 25.4 Å². The van der Waals surface area contributed by atoms with Crippen molar-refractivity contribution in [3.05, 3.63) is 64.3 Å². The number of hydrogen-bond donors (Lipinski definition) is 4. The van der Waals surface area contributed by atoms with Gasteiger partial charge in [0.1, 0.15) is 17.8 Å². The van der Waals surface area contributed by atoms with Gasteiger partial charge in [0, 0.05) is 32.8 Å². The molecule has 1 aromatic carbocycles. The Kier molecular flexibility index (Phi) is 10.2. The number of nitrogens with one attached hydrogen (secondary N) is 4. The highest BCUT2D eigenvalue weighted by molar-refractivity contribution is 5.95. The molecule has 3 heterocycles. The highest BCUT2D eigenvalue weighted by atomic mass is 16.5. The Morgan fingerprint density at radius 2 is 1.77 bits per heavy atom. The number of benzene rings is 1. The molecule has 0 saturated carbocycles. The molecule has 0 radical (unpaired) electrons. The van der Waals surface area contributed by atoms with Crippen LogP contribution in [0, 0.1) is 5.92 Å². The molecular formula is C29H37N7O7. The van der Waals surface area contributed by atoms with E-state index in [1.54, 1.807) is 0 Å². The summed E-state index contributed by atoms with van der Waals surface area (Å²) in [5.41, 5.74) is 0.274. The van der Waals surface area contributed by atoms with E-state index in [1.807, 2.05) is 44.2 Å². The fourth-order valence-electron chi connectivity index (χ4n) is 5.04. The summed E-state index contributed by atoms with van der Waals surface area (Å²) in [7, 11) is 1.45. The number of aromatic nitrogens is 2. The van der Waals surface area contributed by atoms with Crippen molar-refractivity contribution in [2.24, 2.45) is 5.92 Å². The number of hydrogen-bond acceptors (Lipinski definition) is 8. The maximum Gasteiger partial charge on any atom is 0.274 e. The van der Waals surface area contributed by atoms with Crippen LogP contribution in [0.1, 0.15) is 36.3 Å². The SMILES string of the molecule is CC(C)C[C@@H]1NC(=O)CN(C)C(=O)[C@@H](Cc2ccccc2)NC(=O)[C@H]2CN(C(=O)c3c[nH]c(=O)cn3)C[C@@H](CNC1=O)O2. The Morgan fingerprint density at radius 1 is 1.02 bits per heavy atom. The largest absolute Gasteiger partial charge is 0.360 e. The molecule has 0 unspecified atom stereocenters. The molecule has 43 heavy (non-hydrogen) atoms. The van der Waals surface area contributed by atoms with Gasteiger partial charge in [-0.05, 0) is 17.9 Å². The topological polar surface area (TPSA) is 183 Å². The standard InChI is InChI=1S/C29H37N7O7/c1-17(2)9-20-26(39)32-11-19-14-36(29(42)22-12-31-24(37)13-30-22)15-23(43-19)27(40)34-21(10-18-7-5-4-6-8-18)28(41)35(3)16-25(38)33-20/h4-8,12-13,17,19-21,23H,9-11,14-16H2,1-3H3,(H,31,37)(H,32,39)(H,33,38)(H,34,40)/t19-,20+,21-,23-/m1/s1. The third kappa shape index (κ3) is 8.47. The average Bonchev–Trinajstić information content (AvgIpc) is 2.98. The average molecular weight is 596 g/mol. The van der Waals surface area contributed by atoms with Crippen molar-refractivity contribution in [3.8, 4) is 0 Å². The Balaban J connectivity index is 1.65. The fourth-order valence-corrected chi connectivity index (χ4v) is 5.04. The van der Waals surface area contributed by atoms with Crippen LogP contribution >= 0.6 is 0 Å². The second-order valence-electron chi connectivity index (χ2n) is 11.2. The van der Waals surface area contributed by atoms with Crippen LogP contribution in [0.15, 0.2) is 47.5 Å². The molecule has 2 fully saturated rings. The molecule has 4 N–H and O–H groups in total. The van der Waals surface area contributed by atoms with Crippen LogP contribution in [0.3, 0.4) is 0 Å². The van der Waals surface area contributed by atoms with Crippen molar-refractivity contribution < 1.29 is 28.7 Å². The number of morpholine rings is 1. The fraction of sp³-hybridized carbons (Fsp3) is 0.483. The monoisotopic (exact) mass is 595 g/mol. The van der Waals surface area contributed by atoms with E-state index in [4.69, 9.17) is 4.74 Å². The van der Waals surface area contributed by atoms with Crippen LogP contribution in [0.4, 0.5) is 0 Å². The number of carbonyl (C=O) groups is 5. The van der Waals surface area contributed by atoms with Crippen LogP contribution in [0.5, 0.6) is 0 Å². The van der Waals surface area contributed by atoms with Gasteiger partial charge in [0.15, 0.2) is 6.10 Å². The molecule has 14 heteroatoms. The van der Waals surface area contributed by atoms with Crippen molar-refractivity contribution >= 4 is 29.5 Å². The molecule has 5 amide bonds. The van der Waals surface area contributed by atoms with Crippen LogP contribution in [0.2, 0.25) is 0 Å². The van der Waals surface area contributed by atoms with E-state index in [0.29, 0.717) is 6.42 Å². The summed E-state index contributed by atoms with van der Waals surface area (Å²) in [5.74, 6) is -2.59. The lowest BCUT2D eigenvalue weighted by Crippen LogP contribution is -2.59. The normalized spacial score (nSPS) is 24.0. The van der Waals surface area contributed by atoms with E-state index in [2.05, 4.69) is 25.9 Å². The van der Waals surface area contributed by atoms with Crippen molar-refractivity contribution in [1.82, 2.24) is 35.7 Å². The maximum atomic E-state index is 13.6. The third-order valence-electron chi connectivity index (χ3n) is 7.15. The molecule has 4 rings (SSSR count). The minimum absolute atomic E-state index is 0.0139. The lowest BCUT2D eigenvalue weighted by atomic mass is 10.0. The number of amides is 5. The first-order valence-electron chi connectivity index (χ1n) is 14.2. The van der Waals surface area contributed by atoms with E-state index in [-0.39, 0.29) is 44.2 Å². The zero-order chi connectivity index (χ0) is 31.1. The Bertz CT molecular complexity index is 1380. The molecule has 0 spiro atoms. The van der Waals surface area contributed by atoms with Crippen molar-refractivity contribution in [2.45, 2.75) is 51.0 Å². The van der Waals surface area contributed by atoms with Crippen molar-refractivity contribution in [1.29, 1.82) is 0 Å². The van der Waals surface area contributed by atoms with Gasteiger partial charge in [0.2, 0.25) is 17.7 Å². The Hall–Kier alpha value is -4.59. The second-order valence-corrected chi connectivity index (χ2v) is 11.2. The lowest BCUT2D eigenvalue weighted by molar-refractivity contribution is -0.148. The molecule has 230 valence electrons. The minimum atomic E-state index is -1.19. The molecule has 2 aliphatic heterocycles. The van der Waals surface area contributed by atoms with E-state index in [0.717, 1.165) is 11.8 Å². The summed E-state index contributed by atoms with van der Waals surface area (Å²) in [4.78, 5) is 86.9. The molecular weight excluding hydrogens is 558 g/mol. The number of carbonyl (C=O) groups excluding carboxylic acids is 5. The predicted octanol–water partition coefficient (Wildman–Crippen LogP) is -1.17. The van der Waals surface area contributed by atoms with Crippen molar-refractivity contribution in [3.63, 3.8) is 0 Å². The van der Waals surface area contributed by atoms with Gasteiger partial charge in [-0.15, -0.1) is 0 Å². The zero-order valence-corrected chi connectivity index (χ0v) is 24.4. The van der Waals surface area contributed by atoms with Gasteiger partial charge >= 0.3 is 0 Å². The summed E-state index contributed by atoms with van der Waals surface area (Å²) in [6.45, 7) is 3.31. The van der Waals surface area contributed by atoms with Crippen LogP contribution in [-0.4, -0.2) is 107 Å². The van der Waals surface area contributed by atoms with Gasteiger partial charge in [-0.25, -0.2) is 4.98 Å². The number of likely N-dealkylation sites (N-methyl/N-ethyl adjacent to an activating group) is 1. The number of fused-ring (bicyclic) bond motifs is 2. The highest BCUT2D eigenvalue weighted by Crippen LogP contribution is 2.16. The van der Waals surface area contributed by atoms with Gasteiger partial charge in [-0.2, -0.15) is 0 Å². The molecule has 4 atom stereocenters. The molecule has 2 saturated heterocycles. The summed E-state index contributed by atoms with van der Waals surface area (Å²) in [6, 6.07) is 7.18. The minimum Gasteiger partial charge on any atom is -0.360 e. The number of ether oxygens (including phenoxy) is 1. The first-order chi connectivity index (χ1) is 20.5. The van der Waals surface area contributed by atoms with E-state index in [9.17, 15) is 28.8 Å². The smallest absolute Gasteiger partial charge is 0.274 e. The van der Waals surface area contributed by atoms with Crippen LogP contribution in [0.25, 0.3) is 0 Å². The Morgan fingerprint density at radius 3 is 2.44 bits per heavy atom. The summed E-state index contributed by atoms with van der Waals surface area (Å²) < 4.78 is 6.05. The van der Waals surface area contributed by atoms with Crippen molar-refractivity contribution in [2.75, 3.05) is 33.2 Å². The molecule has 1 aromatic heterocycles. The van der Waals surface area contributed by atoms with Gasteiger partial charge in [-0.3, -0.25) is 28.8 Å². The number of H-pyrrole nitrogens is 1. The second kappa shape index (κ2) is 14.1. The van der Waals surface area contributed by atoms with Crippen LogP contribution in [-0.2, 0) is 30.3 Å². The molecule has 2 bridgehead atoms. The lowest BCUT2D eigenvalue weighted by Gasteiger charge is -2.38. The summed E-state index contributed by atoms with van der Waals surface area (Å²) >= 11 is 0. The first-order valence-corrected chi connectivity index (χ1v) is 14.2. The highest BCUT2D eigenvalue weighted by Gasteiger charge is 2.38. The molecule has 0 aliphatic carbocycles. The first kappa shape index (κ1) is 31.3. The quantitative estimate of drug-likeness (QED) is 0.333. The maximum absolute atomic E-state index is 13.6. The third-order valence-corrected chi connectivity index (χ3v) is 7.15. The number of rotatable bonds is 5. The van der Waals surface area contributed by atoms with E-state index < -0.39 is 59.4 Å². The van der Waals surface area contributed by atoms with Gasteiger partial charge in [0.25, 0.3) is 17.4 Å². The van der Waals surface area contributed by atoms with Gasteiger partial charge in [-0.1, -0.05) is 44.2 Å². The molecule has 2 aliphatic rings. The molecule has 14 nitrogen and oxygen atoms in total. The predicted molar refractivity (Wildman–Crippen MR) is 154 cm³/mol. The summed E-state index contributed by atoms with van der Waals surface area (Å²) in [6.07, 6.45) is 0.680. The Labute approximate surface area is 248 Å². The number of nitrogens with zero attached hydrogens (tertiary/aromatic N) is 3. The summed E-state index contributed by atoms with van der Waals surface area (Å²) in [5, 5.41) is 8.26. The molecule has 2 aromatic rings. The van der Waals surface area contributed by atoms with E-state index >= 15 is 0 Å². The zero-order valence-electron chi connectivity index (χ0n) is 24.4. The van der Waals surface area contributed by atoms with E-state index in [1.165, 1.54) is 23.0 Å². The van der Waals surface area contributed by atoms with Gasteiger partial charge < -0.3 is 35.5 Å².